The lowest BCUT2D eigenvalue weighted by Gasteiger charge is -2.17. The SMILES string of the molecule is CCCCC(CC)COc1cc(N)ccc1OC. The van der Waals surface area contributed by atoms with E-state index in [0.29, 0.717) is 11.6 Å². The van der Waals surface area contributed by atoms with E-state index >= 15 is 0 Å². The summed E-state index contributed by atoms with van der Waals surface area (Å²) < 4.78 is 11.1. The van der Waals surface area contributed by atoms with Crippen LogP contribution in [-0.2, 0) is 0 Å². The molecule has 0 aliphatic carbocycles. The summed E-state index contributed by atoms with van der Waals surface area (Å²) in [7, 11) is 1.65. The Morgan fingerprint density at radius 2 is 2.00 bits per heavy atom. The standard InChI is InChI=1S/C15H25NO2/c1-4-6-7-12(5-2)11-18-15-10-13(16)8-9-14(15)17-3/h8-10,12H,4-7,11,16H2,1-3H3. The molecule has 1 unspecified atom stereocenters. The van der Waals surface area contributed by atoms with Gasteiger partial charge in [-0.05, 0) is 24.5 Å². The van der Waals surface area contributed by atoms with Crippen molar-refractivity contribution < 1.29 is 9.47 Å². The van der Waals surface area contributed by atoms with Crippen molar-refractivity contribution in [1.82, 2.24) is 0 Å². The van der Waals surface area contributed by atoms with Crippen molar-refractivity contribution in [2.45, 2.75) is 39.5 Å². The van der Waals surface area contributed by atoms with Crippen molar-refractivity contribution >= 4 is 5.69 Å². The number of benzene rings is 1. The number of nitrogen functional groups attached to an aromatic ring is 1. The fraction of sp³-hybridized carbons (Fsp3) is 0.600. The smallest absolute Gasteiger partial charge is 0.163 e. The fourth-order valence-corrected chi connectivity index (χ4v) is 1.91. The second-order valence-corrected chi connectivity index (χ2v) is 4.64. The lowest BCUT2D eigenvalue weighted by Crippen LogP contribution is -2.11. The van der Waals surface area contributed by atoms with Crippen molar-refractivity contribution in [1.29, 1.82) is 0 Å². The zero-order chi connectivity index (χ0) is 13.4. The molecule has 1 aromatic carbocycles. The molecule has 3 heteroatoms. The van der Waals surface area contributed by atoms with Gasteiger partial charge in [0, 0.05) is 11.8 Å². The van der Waals surface area contributed by atoms with Crippen LogP contribution in [0, 0.1) is 5.92 Å². The molecule has 1 rings (SSSR count). The summed E-state index contributed by atoms with van der Waals surface area (Å²) in [6.45, 7) is 5.16. The quantitative estimate of drug-likeness (QED) is 0.713. The molecule has 1 atom stereocenters. The van der Waals surface area contributed by atoms with Crippen LogP contribution in [0.15, 0.2) is 18.2 Å². The van der Waals surface area contributed by atoms with Gasteiger partial charge in [0.1, 0.15) is 0 Å². The Balaban J connectivity index is 2.57. The summed E-state index contributed by atoms with van der Waals surface area (Å²) in [6, 6.07) is 5.49. The zero-order valence-electron chi connectivity index (χ0n) is 11.7. The summed E-state index contributed by atoms with van der Waals surface area (Å²) >= 11 is 0. The van der Waals surface area contributed by atoms with Gasteiger partial charge < -0.3 is 15.2 Å². The van der Waals surface area contributed by atoms with Gasteiger partial charge in [-0.1, -0.05) is 33.1 Å². The van der Waals surface area contributed by atoms with Crippen LogP contribution in [0.3, 0.4) is 0 Å². The Morgan fingerprint density at radius 3 is 2.61 bits per heavy atom. The second-order valence-electron chi connectivity index (χ2n) is 4.64. The van der Waals surface area contributed by atoms with Crippen LogP contribution in [0.5, 0.6) is 11.5 Å². The highest BCUT2D eigenvalue weighted by atomic mass is 16.5. The highest BCUT2D eigenvalue weighted by Gasteiger charge is 2.10. The van der Waals surface area contributed by atoms with Gasteiger partial charge in [0.2, 0.25) is 0 Å². The van der Waals surface area contributed by atoms with Crippen LogP contribution in [0.25, 0.3) is 0 Å². The minimum absolute atomic E-state index is 0.607. The van der Waals surface area contributed by atoms with Gasteiger partial charge in [0.25, 0.3) is 0 Å². The first kappa shape index (κ1) is 14.7. The summed E-state index contributed by atoms with van der Waals surface area (Å²) in [6.07, 6.45) is 4.86. The second kappa shape index (κ2) is 7.85. The van der Waals surface area contributed by atoms with Gasteiger partial charge in [0.15, 0.2) is 11.5 Å². The van der Waals surface area contributed by atoms with Gasteiger partial charge in [-0.25, -0.2) is 0 Å². The van der Waals surface area contributed by atoms with Crippen LogP contribution >= 0.6 is 0 Å². The molecule has 0 radical (unpaired) electrons. The average molecular weight is 251 g/mol. The highest BCUT2D eigenvalue weighted by Crippen LogP contribution is 2.29. The molecule has 0 saturated heterocycles. The predicted octanol–water partition coefficient (Wildman–Crippen LogP) is 3.87. The lowest BCUT2D eigenvalue weighted by molar-refractivity contribution is 0.224. The monoisotopic (exact) mass is 251 g/mol. The molecular weight excluding hydrogens is 226 g/mol. The maximum absolute atomic E-state index is 5.85. The topological polar surface area (TPSA) is 44.5 Å². The normalized spacial score (nSPS) is 12.2. The number of hydrogen-bond acceptors (Lipinski definition) is 3. The molecule has 2 N–H and O–H groups in total. The fourth-order valence-electron chi connectivity index (χ4n) is 1.91. The van der Waals surface area contributed by atoms with Crippen LogP contribution in [0.1, 0.15) is 39.5 Å². The van der Waals surface area contributed by atoms with Crippen molar-refractivity contribution in [2.75, 3.05) is 19.5 Å². The van der Waals surface area contributed by atoms with Crippen molar-refractivity contribution in [3.63, 3.8) is 0 Å². The molecule has 0 spiro atoms. The van der Waals surface area contributed by atoms with E-state index in [1.54, 1.807) is 7.11 Å². The van der Waals surface area contributed by atoms with E-state index in [1.807, 2.05) is 18.2 Å². The Kier molecular flexibility index (Phi) is 6.40. The van der Waals surface area contributed by atoms with Crippen LogP contribution < -0.4 is 15.2 Å². The molecule has 0 bridgehead atoms. The maximum Gasteiger partial charge on any atom is 0.163 e. The summed E-state index contributed by atoms with van der Waals surface area (Å²) in [5.41, 5.74) is 6.47. The Hall–Kier alpha value is -1.38. The summed E-state index contributed by atoms with van der Waals surface area (Å²) in [5.74, 6) is 2.10. The number of methoxy groups -OCH3 is 1. The molecule has 1 aromatic rings. The zero-order valence-corrected chi connectivity index (χ0v) is 11.7. The number of nitrogens with two attached hydrogens (primary N) is 1. The van der Waals surface area contributed by atoms with Gasteiger partial charge in [0.05, 0.1) is 13.7 Å². The Bertz CT molecular complexity index is 352. The third-order valence-corrected chi connectivity index (χ3v) is 3.21. The minimum atomic E-state index is 0.607. The number of unbranched alkanes of at least 4 members (excludes halogenated alkanes) is 1. The van der Waals surface area contributed by atoms with Crippen molar-refractivity contribution in [2.24, 2.45) is 5.92 Å². The van der Waals surface area contributed by atoms with E-state index < -0.39 is 0 Å². The molecule has 0 fully saturated rings. The van der Waals surface area contributed by atoms with E-state index in [2.05, 4.69) is 13.8 Å². The van der Waals surface area contributed by atoms with E-state index in [-0.39, 0.29) is 0 Å². The van der Waals surface area contributed by atoms with Crippen LogP contribution in [-0.4, -0.2) is 13.7 Å². The van der Waals surface area contributed by atoms with Gasteiger partial charge in [-0.3, -0.25) is 0 Å². The van der Waals surface area contributed by atoms with Crippen molar-refractivity contribution in [3.05, 3.63) is 18.2 Å². The molecule has 0 aliphatic rings. The third kappa shape index (κ3) is 4.47. The maximum atomic E-state index is 5.85. The molecule has 102 valence electrons. The number of hydrogen-bond donors (Lipinski definition) is 1. The largest absolute Gasteiger partial charge is 0.493 e. The molecule has 0 saturated carbocycles. The molecule has 3 nitrogen and oxygen atoms in total. The van der Waals surface area contributed by atoms with E-state index in [9.17, 15) is 0 Å². The van der Waals surface area contributed by atoms with E-state index in [1.165, 1.54) is 19.3 Å². The summed E-state index contributed by atoms with van der Waals surface area (Å²) in [4.78, 5) is 0. The van der Waals surface area contributed by atoms with Gasteiger partial charge in [-0.15, -0.1) is 0 Å². The molecule has 18 heavy (non-hydrogen) atoms. The first-order valence-corrected chi connectivity index (χ1v) is 6.77. The van der Waals surface area contributed by atoms with Crippen LogP contribution in [0.4, 0.5) is 5.69 Å². The average Bonchev–Trinajstić information content (AvgIpc) is 2.39. The molecule has 0 amide bonds. The first-order chi connectivity index (χ1) is 8.71. The first-order valence-electron chi connectivity index (χ1n) is 6.77. The molecule has 0 aromatic heterocycles. The third-order valence-electron chi connectivity index (χ3n) is 3.21. The predicted molar refractivity (Wildman–Crippen MR) is 76.2 cm³/mol. The number of ether oxygens (including phenoxy) is 2. The van der Waals surface area contributed by atoms with Gasteiger partial charge in [-0.2, -0.15) is 0 Å². The van der Waals surface area contributed by atoms with Crippen molar-refractivity contribution in [3.8, 4) is 11.5 Å². The molecule has 0 aliphatic heterocycles. The number of anilines is 1. The van der Waals surface area contributed by atoms with Gasteiger partial charge >= 0.3 is 0 Å². The number of rotatable bonds is 8. The highest BCUT2D eigenvalue weighted by molar-refractivity contribution is 5.51. The Morgan fingerprint density at radius 1 is 1.22 bits per heavy atom. The van der Waals surface area contributed by atoms with Crippen LogP contribution in [0.2, 0.25) is 0 Å². The Labute approximate surface area is 110 Å². The molecule has 0 heterocycles. The summed E-state index contributed by atoms with van der Waals surface area (Å²) in [5, 5.41) is 0. The minimum Gasteiger partial charge on any atom is -0.493 e. The lowest BCUT2D eigenvalue weighted by atomic mass is 10.0. The van der Waals surface area contributed by atoms with E-state index in [4.69, 9.17) is 15.2 Å². The molecular formula is C15H25NO2. The van der Waals surface area contributed by atoms with E-state index in [0.717, 1.165) is 24.5 Å².